The predicted octanol–water partition coefficient (Wildman–Crippen LogP) is 4.99. The number of hydrogen-bond donors (Lipinski definition) is 2. The molecule has 106 valence electrons. The van der Waals surface area contributed by atoms with Crippen LogP contribution in [0.2, 0.25) is 5.02 Å². The number of aryl methyl sites for hydroxylation is 1. The SMILES string of the molecule is Cc1cccc(N)c1Nc1cc(Cl)cc(C(F)(F)F)c1. The first-order valence-electron chi connectivity index (χ1n) is 5.77. The zero-order valence-electron chi connectivity index (χ0n) is 10.6. The molecule has 0 fully saturated rings. The molecule has 0 unspecified atom stereocenters. The van der Waals surface area contributed by atoms with Gasteiger partial charge in [0.1, 0.15) is 0 Å². The maximum absolute atomic E-state index is 12.7. The Hall–Kier alpha value is -1.88. The first-order chi connectivity index (χ1) is 9.27. The molecular weight excluding hydrogens is 289 g/mol. The van der Waals surface area contributed by atoms with Gasteiger partial charge in [-0.15, -0.1) is 0 Å². The third-order valence-corrected chi connectivity index (χ3v) is 3.02. The van der Waals surface area contributed by atoms with Gasteiger partial charge in [0.2, 0.25) is 0 Å². The van der Waals surface area contributed by atoms with Crippen molar-refractivity contribution in [2.24, 2.45) is 0 Å². The maximum Gasteiger partial charge on any atom is 0.416 e. The molecule has 0 spiro atoms. The molecule has 0 amide bonds. The van der Waals surface area contributed by atoms with Gasteiger partial charge in [0.25, 0.3) is 0 Å². The summed E-state index contributed by atoms with van der Waals surface area (Å²) in [6.45, 7) is 1.81. The first kappa shape index (κ1) is 14.5. The molecule has 0 saturated heterocycles. The second kappa shape index (κ2) is 5.25. The lowest BCUT2D eigenvalue weighted by Crippen LogP contribution is -2.06. The number of anilines is 3. The van der Waals surface area contributed by atoms with Gasteiger partial charge in [-0.2, -0.15) is 13.2 Å². The van der Waals surface area contributed by atoms with Crippen LogP contribution in [0.15, 0.2) is 36.4 Å². The van der Waals surface area contributed by atoms with Gasteiger partial charge < -0.3 is 11.1 Å². The zero-order valence-corrected chi connectivity index (χ0v) is 11.3. The summed E-state index contributed by atoms with van der Waals surface area (Å²) in [7, 11) is 0. The number of hydrogen-bond acceptors (Lipinski definition) is 2. The van der Waals surface area contributed by atoms with E-state index >= 15 is 0 Å². The summed E-state index contributed by atoms with van der Waals surface area (Å²) in [5.74, 6) is 0. The van der Waals surface area contributed by atoms with Gasteiger partial charge in [-0.1, -0.05) is 23.7 Å². The number of nitrogen functional groups attached to an aromatic ring is 1. The lowest BCUT2D eigenvalue weighted by molar-refractivity contribution is -0.137. The van der Waals surface area contributed by atoms with Gasteiger partial charge in [-0.25, -0.2) is 0 Å². The summed E-state index contributed by atoms with van der Waals surface area (Å²) < 4.78 is 38.2. The van der Waals surface area contributed by atoms with E-state index in [0.29, 0.717) is 11.4 Å². The van der Waals surface area contributed by atoms with Crippen LogP contribution in [0.1, 0.15) is 11.1 Å². The van der Waals surface area contributed by atoms with Gasteiger partial charge >= 0.3 is 6.18 Å². The minimum atomic E-state index is -4.45. The van der Waals surface area contributed by atoms with Crippen LogP contribution >= 0.6 is 11.6 Å². The van der Waals surface area contributed by atoms with Crippen molar-refractivity contribution in [1.82, 2.24) is 0 Å². The van der Waals surface area contributed by atoms with Crippen molar-refractivity contribution >= 4 is 28.7 Å². The monoisotopic (exact) mass is 300 g/mol. The summed E-state index contributed by atoms with van der Waals surface area (Å²) in [6.07, 6.45) is -4.45. The molecule has 2 rings (SSSR count). The molecule has 0 radical (unpaired) electrons. The Morgan fingerprint density at radius 1 is 1.15 bits per heavy atom. The summed E-state index contributed by atoms with van der Waals surface area (Å²) in [5, 5.41) is 2.89. The van der Waals surface area contributed by atoms with Crippen molar-refractivity contribution in [1.29, 1.82) is 0 Å². The first-order valence-corrected chi connectivity index (χ1v) is 6.15. The largest absolute Gasteiger partial charge is 0.416 e. The number of nitrogens with one attached hydrogen (secondary N) is 1. The highest BCUT2D eigenvalue weighted by atomic mass is 35.5. The van der Waals surface area contributed by atoms with Crippen molar-refractivity contribution < 1.29 is 13.2 Å². The summed E-state index contributed by atoms with van der Waals surface area (Å²) in [6, 6.07) is 8.56. The fourth-order valence-corrected chi connectivity index (χ4v) is 2.07. The normalized spacial score (nSPS) is 11.4. The van der Waals surface area contributed by atoms with Crippen LogP contribution in [0.3, 0.4) is 0 Å². The smallest absolute Gasteiger partial charge is 0.397 e. The number of nitrogens with two attached hydrogens (primary N) is 1. The summed E-state index contributed by atoms with van der Waals surface area (Å²) in [4.78, 5) is 0. The Kier molecular flexibility index (Phi) is 3.81. The highest BCUT2D eigenvalue weighted by Crippen LogP contribution is 2.35. The van der Waals surface area contributed by atoms with Crippen LogP contribution in [0.25, 0.3) is 0 Å². The maximum atomic E-state index is 12.7. The molecule has 0 aromatic heterocycles. The molecule has 0 bridgehead atoms. The lowest BCUT2D eigenvalue weighted by Gasteiger charge is -2.14. The highest BCUT2D eigenvalue weighted by molar-refractivity contribution is 6.31. The Labute approximate surface area is 119 Å². The van der Waals surface area contributed by atoms with Crippen molar-refractivity contribution in [2.75, 3.05) is 11.1 Å². The van der Waals surface area contributed by atoms with E-state index in [1.807, 2.05) is 13.0 Å². The Morgan fingerprint density at radius 2 is 1.85 bits per heavy atom. The van der Waals surface area contributed by atoms with Gasteiger partial charge in [0.05, 0.1) is 16.9 Å². The number of benzene rings is 2. The Morgan fingerprint density at radius 3 is 2.45 bits per heavy atom. The number of alkyl halides is 3. The lowest BCUT2D eigenvalue weighted by atomic mass is 10.1. The molecule has 2 aromatic rings. The van der Waals surface area contributed by atoms with Crippen LogP contribution in [-0.4, -0.2) is 0 Å². The molecule has 6 heteroatoms. The molecule has 0 aliphatic heterocycles. The van der Waals surface area contributed by atoms with Crippen LogP contribution in [0.4, 0.5) is 30.2 Å². The van der Waals surface area contributed by atoms with E-state index in [0.717, 1.165) is 17.7 Å². The molecule has 2 nitrogen and oxygen atoms in total. The predicted molar refractivity (Wildman–Crippen MR) is 75.3 cm³/mol. The van der Waals surface area contributed by atoms with Crippen LogP contribution < -0.4 is 11.1 Å². The highest BCUT2D eigenvalue weighted by Gasteiger charge is 2.31. The number of para-hydroxylation sites is 1. The third-order valence-electron chi connectivity index (χ3n) is 2.80. The van der Waals surface area contributed by atoms with E-state index in [2.05, 4.69) is 5.32 Å². The second-order valence-corrected chi connectivity index (χ2v) is 4.83. The molecule has 0 aliphatic rings. The zero-order chi connectivity index (χ0) is 14.9. The van der Waals surface area contributed by atoms with E-state index in [1.54, 1.807) is 12.1 Å². The Balaban J connectivity index is 2.42. The minimum absolute atomic E-state index is 0.00878. The molecule has 0 atom stereocenters. The number of rotatable bonds is 2. The van der Waals surface area contributed by atoms with Gasteiger partial charge in [-0.3, -0.25) is 0 Å². The summed E-state index contributed by atoms with van der Waals surface area (Å²) in [5.41, 5.74) is 7.11. The van der Waals surface area contributed by atoms with Crippen LogP contribution in [0.5, 0.6) is 0 Å². The molecule has 0 heterocycles. The quantitative estimate of drug-likeness (QED) is 0.767. The minimum Gasteiger partial charge on any atom is -0.397 e. The molecule has 0 aliphatic carbocycles. The standard InChI is InChI=1S/C14H12ClF3N2/c1-8-3-2-4-12(19)13(8)20-11-6-9(14(16,17)18)5-10(15)7-11/h2-7,20H,19H2,1H3. The molecule has 0 saturated carbocycles. The van der Waals surface area contributed by atoms with E-state index < -0.39 is 11.7 Å². The Bertz CT molecular complexity index is 619. The summed E-state index contributed by atoms with van der Waals surface area (Å²) >= 11 is 5.73. The van der Waals surface area contributed by atoms with E-state index in [-0.39, 0.29) is 10.7 Å². The van der Waals surface area contributed by atoms with Crippen LogP contribution in [0, 0.1) is 6.92 Å². The van der Waals surface area contributed by atoms with E-state index in [9.17, 15) is 13.2 Å². The van der Waals surface area contributed by atoms with E-state index in [4.69, 9.17) is 17.3 Å². The van der Waals surface area contributed by atoms with E-state index in [1.165, 1.54) is 6.07 Å². The molecule has 3 N–H and O–H groups in total. The molecule has 20 heavy (non-hydrogen) atoms. The molecule has 2 aromatic carbocycles. The van der Waals surface area contributed by atoms with Crippen molar-refractivity contribution in [3.05, 3.63) is 52.5 Å². The number of halogens is 4. The fourth-order valence-electron chi connectivity index (χ4n) is 1.83. The topological polar surface area (TPSA) is 38.0 Å². The fraction of sp³-hybridized carbons (Fsp3) is 0.143. The van der Waals surface area contributed by atoms with Crippen molar-refractivity contribution in [3.8, 4) is 0 Å². The van der Waals surface area contributed by atoms with Crippen molar-refractivity contribution in [3.63, 3.8) is 0 Å². The third kappa shape index (κ3) is 3.17. The average Bonchev–Trinajstić information content (AvgIpc) is 2.32. The van der Waals surface area contributed by atoms with Gasteiger partial charge in [0, 0.05) is 10.7 Å². The van der Waals surface area contributed by atoms with Crippen molar-refractivity contribution in [2.45, 2.75) is 13.1 Å². The average molecular weight is 301 g/mol. The van der Waals surface area contributed by atoms with Crippen LogP contribution in [-0.2, 0) is 6.18 Å². The van der Waals surface area contributed by atoms with Gasteiger partial charge in [0.15, 0.2) is 0 Å². The van der Waals surface area contributed by atoms with Gasteiger partial charge in [-0.05, 0) is 36.8 Å². The molecular formula is C14H12ClF3N2. The second-order valence-electron chi connectivity index (χ2n) is 4.39.